The highest BCUT2D eigenvalue weighted by Crippen LogP contribution is 2.20. The van der Waals surface area contributed by atoms with Gasteiger partial charge in [0, 0.05) is 17.6 Å². The van der Waals surface area contributed by atoms with Crippen molar-refractivity contribution in [1.82, 2.24) is 10.2 Å². The molecule has 1 atom stereocenters. The summed E-state index contributed by atoms with van der Waals surface area (Å²) in [5.74, 6) is 0.496. The fourth-order valence-electron chi connectivity index (χ4n) is 3.87. The van der Waals surface area contributed by atoms with Gasteiger partial charge in [0.05, 0.1) is 13.5 Å². The van der Waals surface area contributed by atoms with Crippen LogP contribution in [0.2, 0.25) is 5.02 Å². The molecule has 0 bridgehead atoms. The first kappa shape index (κ1) is 22.2. The number of ether oxygens (including phenoxy) is 1. The summed E-state index contributed by atoms with van der Waals surface area (Å²) < 4.78 is 5.30. The Balaban J connectivity index is 1.78. The van der Waals surface area contributed by atoms with Crippen LogP contribution in [0.1, 0.15) is 43.7 Å². The van der Waals surface area contributed by atoms with E-state index in [4.69, 9.17) is 16.3 Å². The highest BCUT2D eigenvalue weighted by molar-refractivity contribution is 6.30. The normalized spacial score (nSPS) is 14.9. The third-order valence-electron chi connectivity index (χ3n) is 5.60. The van der Waals surface area contributed by atoms with E-state index in [-0.39, 0.29) is 24.3 Å². The molecule has 1 N–H and O–H groups in total. The lowest BCUT2D eigenvalue weighted by atomic mass is 10.1. The van der Waals surface area contributed by atoms with E-state index in [0.717, 1.165) is 42.6 Å². The number of benzene rings is 2. The van der Waals surface area contributed by atoms with Gasteiger partial charge in [-0.1, -0.05) is 48.7 Å². The number of carbonyl (C=O) groups excluding carboxylic acids is 2. The maximum atomic E-state index is 13.2. The van der Waals surface area contributed by atoms with Gasteiger partial charge in [0.1, 0.15) is 11.8 Å². The zero-order valence-corrected chi connectivity index (χ0v) is 18.3. The molecule has 1 aliphatic rings. The van der Waals surface area contributed by atoms with Crippen LogP contribution in [0.4, 0.5) is 0 Å². The van der Waals surface area contributed by atoms with Gasteiger partial charge in [0.15, 0.2) is 0 Å². The first-order chi connectivity index (χ1) is 14.5. The van der Waals surface area contributed by atoms with Crippen molar-refractivity contribution in [1.29, 1.82) is 0 Å². The van der Waals surface area contributed by atoms with E-state index in [1.807, 2.05) is 36.4 Å². The number of hydrogen-bond acceptors (Lipinski definition) is 3. The lowest BCUT2D eigenvalue weighted by molar-refractivity contribution is -0.140. The molecule has 2 aromatic rings. The van der Waals surface area contributed by atoms with Crippen LogP contribution in [0, 0.1) is 0 Å². The minimum absolute atomic E-state index is 0.107. The van der Waals surface area contributed by atoms with Crippen LogP contribution in [-0.2, 0) is 22.6 Å². The molecule has 0 aromatic heterocycles. The Hall–Kier alpha value is -2.53. The molecule has 1 saturated carbocycles. The van der Waals surface area contributed by atoms with Crippen LogP contribution in [0.25, 0.3) is 0 Å². The number of nitrogens with zero attached hydrogens (tertiary/aromatic N) is 1. The van der Waals surface area contributed by atoms with Gasteiger partial charge in [-0.15, -0.1) is 0 Å². The van der Waals surface area contributed by atoms with E-state index in [9.17, 15) is 9.59 Å². The van der Waals surface area contributed by atoms with E-state index in [0.29, 0.717) is 11.6 Å². The van der Waals surface area contributed by atoms with E-state index in [1.54, 1.807) is 31.1 Å². The molecule has 0 saturated heterocycles. The highest BCUT2D eigenvalue weighted by Gasteiger charge is 2.28. The second-order valence-corrected chi connectivity index (χ2v) is 8.28. The van der Waals surface area contributed by atoms with Crippen LogP contribution in [0.15, 0.2) is 48.5 Å². The second-order valence-electron chi connectivity index (χ2n) is 7.85. The minimum atomic E-state index is -0.580. The predicted molar refractivity (Wildman–Crippen MR) is 119 cm³/mol. The zero-order valence-electron chi connectivity index (χ0n) is 17.6. The van der Waals surface area contributed by atoms with Gasteiger partial charge in [-0.25, -0.2) is 0 Å². The van der Waals surface area contributed by atoms with Crippen molar-refractivity contribution in [3.05, 3.63) is 64.7 Å². The molecule has 0 spiro atoms. The molecule has 1 fully saturated rings. The van der Waals surface area contributed by atoms with Gasteiger partial charge in [-0.3, -0.25) is 9.59 Å². The Kier molecular flexibility index (Phi) is 7.75. The number of rotatable bonds is 8. The molecule has 3 rings (SSSR count). The Morgan fingerprint density at radius 2 is 1.83 bits per heavy atom. The van der Waals surface area contributed by atoms with Gasteiger partial charge in [0.2, 0.25) is 11.8 Å². The van der Waals surface area contributed by atoms with Crippen LogP contribution in [-0.4, -0.2) is 35.9 Å². The number of carbonyl (C=O) groups is 2. The van der Waals surface area contributed by atoms with Crippen LogP contribution in [0.3, 0.4) is 0 Å². The fraction of sp³-hybridized carbons (Fsp3) is 0.417. The van der Waals surface area contributed by atoms with Crippen molar-refractivity contribution in [2.75, 3.05) is 7.11 Å². The minimum Gasteiger partial charge on any atom is -0.497 e. The summed E-state index contributed by atoms with van der Waals surface area (Å²) >= 11 is 6.08. The highest BCUT2D eigenvalue weighted by atomic mass is 35.5. The van der Waals surface area contributed by atoms with Gasteiger partial charge in [-0.2, -0.15) is 0 Å². The second kappa shape index (κ2) is 10.5. The van der Waals surface area contributed by atoms with Crippen LogP contribution < -0.4 is 10.1 Å². The van der Waals surface area contributed by atoms with Gasteiger partial charge < -0.3 is 15.0 Å². The quantitative estimate of drug-likeness (QED) is 0.679. The summed E-state index contributed by atoms with van der Waals surface area (Å²) in [5.41, 5.74) is 1.74. The summed E-state index contributed by atoms with van der Waals surface area (Å²) in [6.45, 7) is 2.12. The van der Waals surface area contributed by atoms with Crippen LogP contribution in [0.5, 0.6) is 5.75 Å². The molecule has 5 nitrogen and oxygen atoms in total. The zero-order chi connectivity index (χ0) is 21.5. The average molecular weight is 429 g/mol. The Morgan fingerprint density at radius 3 is 2.53 bits per heavy atom. The molecule has 0 aliphatic heterocycles. The van der Waals surface area contributed by atoms with Crippen molar-refractivity contribution >= 4 is 23.4 Å². The molecule has 1 aliphatic carbocycles. The van der Waals surface area contributed by atoms with Gasteiger partial charge in [-0.05, 0) is 55.2 Å². The van der Waals surface area contributed by atoms with Gasteiger partial charge >= 0.3 is 0 Å². The molecule has 6 heteroatoms. The number of methoxy groups -OCH3 is 1. The van der Waals surface area contributed by atoms with Crippen molar-refractivity contribution in [2.45, 2.75) is 57.7 Å². The van der Waals surface area contributed by atoms with Crippen molar-refractivity contribution in [3.63, 3.8) is 0 Å². The first-order valence-corrected chi connectivity index (χ1v) is 10.8. The standard InChI is InChI=1S/C24H29ClN2O3/c1-17(24(29)26-21-10-3-4-11-21)27(16-19-8-6-12-22(14-19)30-2)23(28)15-18-7-5-9-20(25)13-18/h5-9,12-14,17,21H,3-4,10-11,15-16H2,1-2H3,(H,26,29)/t17-/m1/s1. The third-order valence-corrected chi connectivity index (χ3v) is 5.84. The number of halogens is 1. The topological polar surface area (TPSA) is 58.6 Å². The molecule has 0 radical (unpaired) electrons. The number of hydrogen-bond donors (Lipinski definition) is 1. The Bertz CT molecular complexity index is 880. The van der Waals surface area contributed by atoms with E-state index < -0.39 is 6.04 Å². The molecule has 30 heavy (non-hydrogen) atoms. The summed E-state index contributed by atoms with van der Waals surface area (Å²) in [6, 6.07) is 14.5. The molecule has 2 amide bonds. The van der Waals surface area contributed by atoms with E-state index in [1.165, 1.54) is 0 Å². The van der Waals surface area contributed by atoms with E-state index >= 15 is 0 Å². The first-order valence-electron chi connectivity index (χ1n) is 10.4. The van der Waals surface area contributed by atoms with E-state index in [2.05, 4.69) is 5.32 Å². The lowest BCUT2D eigenvalue weighted by Gasteiger charge is -2.30. The Labute approximate surface area is 183 Å². The predicted octanol–water partition coefficient (Wildman–Crippen LogP) is 4.37. The Morgan fingerprint density at radius 1 is 1.13 bits per heavy atom. The molecule has 0 heterocycles. The largest absolute Gasteiger partial charge is 0.497 e. The fourth-order valence-corrected chi connectivity index (χ4v) is 4.08. The summed E-state index contributed by atoms with van der Waals surface area (Å²) in [7, 11) is 1.61. The van der Waals surface area contributed by atoms with Crippen molar-refractivity contribution < 1.29 is 14.3 Å². The maximum Gasteiger partial charge on any atom is 0.242 e. The van der Waals surface area contributed by atoms with Crippen molar-refractivity contribution in [2.24, 2.45) is 0 Å². The monoisotopic (exact) mass is 428 g/mol. The average Bonchev–Trinajstić information content (AvgIpc) is 3.24. The van der Waals surface area contributed by atoms with Crippen molar-refractivity contribution in [3.8, 4) is 5.75 Å². The molecule has 2 aromatic carbocycles. The van der Waals surface area contributed by atoms with Gasteiger partial charge in [0.25, 0.3) is 0 Å². The molecule has 0 unspecified atom stereocenters. The van der Waals surface area contributed by atoms with Crippen LogP contribution >= 0.6 is 11.6 Å². The summed E-state index contributed by atoms with van der Waals surface area (Å²) in [6.07, 6.45) is 4.47. The lowest BCUT2D eigenvalue weighted by Crippen LogP contribution is -2.50. The molecule has 160 valence electrons. The maximum absolute atomic E-state index is 13.2. The summed E-state index contributed by atoms with van der Waals surface area (Å²) in [4.78, 5) is 27.8. The third kappa shape index (κ3) is 5.99. The number of amides is 2. The molecular weight excluding hydrogens is 400 g/mol. The summed E-state index contributed by atoms with van der Waals surface area (Å²) in [5, 5.41) is 3.71. The SMILES string of the molecule is COc1cccc(CN(C(=O)Cc2cccc(Cl)c2)[C@H](C)C(=O)NC2CCCC2)c1. The number of nitrogens with one attached hydrogen (secondary N) is 1. The smallest absolute Gasteiger partial charge is 0.242 e. The molecular formula is C24H29ClN2O3.